The van der Waals surface area contributed by atoms with Gasteiger partial charge in [-0.25, -0.2) is 0 Å². The number of benzene rings is 1. The van der Waals surface area contributed by atoms with E-state index >= 15 is 0 Å². The second-order valence-electron chi connectivity index (χ2n) is 11.1. The van der Waals surface area contributed by atoms with Crippen LogP contribution < -0.4 is 5.19 Å². The van der Waals surface area contributed by atoms with E-state index in [0.717, 1.165) is 17.3 Å². The molecule has 0 radical (unpaired) electrons. The summed E-state index contributed by atoms with van der Waals surface area (Å²) in [6, 6.07) is 12.8. The average molecular weight is 543 g/mol. The Bertz CT molecular complexity index is 729. The third-order valence-corrected chi connectivity index (χ3v) is 25.7. The molecule has 0 aliphatic carbocycles. The van der Waals surface area contributed by atoms with Crippen LogP contribution in [0.3, 0.4) is 0 Å². The van der Waals surface area contributed by atoms with Crippen LogP contribution in [0, 0.1) is 0 Å². The molecule has 0 bridgehead atoms. The summed E-state index contributed by atoms with van der Waals surface area (Å²) in [6.07, 6.45) is 4.78. The van der Waals surface area contributed by atoms with Crippen molar-refractivity contribution >= 4 is 47.5 Å². The van der Waals surface area contributed by atoms with E-state index in [1.54, 1.807) is 0 Å². The van der Waals surface area contributed by atoms with Gasteiger partial charge >= 0.3 is 25.7 Å². The molecule has 2 atom stereocenters. The minimum atomic E-state index is -2.76. The van der Waals surface area contributed by atoms with Crippen molar-refractivity contribution in [3.05, 3.63) is 42.6 Å². The van der Waals surface area contributed by atoms with Crippen molar-refractivity contribution in [2.24, 2.45) is 0 Å². The highest BCUT2D eigenvalue weighted by Gasteiger charge is 2.49. The maximum atomic E-state index is 7.03. The summed E-state index contributed by atoms with van der Waals surface area (Å²) >= 11 is 0. The van der Waals surface area contributed by atoms with Crippen LogP contribution in [0.4, 0.5) is 0 Å². The maximum Gasteiger partial charge on any atom is 0.350 e. The first-order chi connectivity index (χ1) is 15.1. The third-order valence-electron chi connectivity index (χ3n) is 5.77. The molecule has 190 valence electrons. The number of hydrogen-bond donors (Lipinski definition) is 0. The van der Waals surface area contributed by atoms with Gasteiger partial charge in [0.25, 0.3) is 0 Å². The van der Waals surface area contributed by atoms with Crippen LogP contribution in [0.25, 0.3) is 0 Å². The molecular formula is C24H50O4Si5. The number of rotatable bonds is 16. The van der Waals surface area contributed by atoms with Gasteiger partial charge < -0.3 is 16.5 Å². The molecule has 0 amide bonds. The lowest BCUT2D eigenvalue weighted by Crippen LogP contribution is -2.64. The van der Waals surface area contributed by atoms with Gasteiger partial charge in [-0.2, -0.15) is 0 Å². The fourth-order valence-corrected chi connectivity index (χ4v) is 28.2. The van der Waals surface area contributed by atoms with Gasteiger partial charge in [0.2, 0.25) is 0 Å². The van der Waals surface area contributed by atoms with Gasteiger partial charge in [0.15, 0.2) is 16.6 Å². The minimum absolute atomic E-state index is 1.13. The highest BCUT2D eigenvalue weighted by Crippen LogP contribution is 2.29. The van der Waals surface area contributed by atoms with Crippen molar-refractivity contribution in [1.82, 2.24) is 0 Å². The molecule has 0 aliphatic rings. The van der Waals surface area contributed by atoms with Crippen LogP contribution in [0.1, 0.15) is 39.5 Å². The highest BCUT2D eigenvalue weighted by atomic mass is 28.5. The van der Waals surface area contributed by atoms with Gasteiger partial charge in [0.05, 0.1) is 0 Å². The lowest BCUT2D eigenvalue weighted by atomic mass is 10.4. The molecule has 0 saturated heterocycles. The summed E-state index contributed by atoms with van der Waals surface area (Å²) in [5.74, 6) is 0. The van der Waals surface area contributed by atoms with Crippen molar-refractivity contribution in [3.8, 4) is 0 Å². The lowest BCUT2D eigenvalue weighted by molar-refractivity contribution is 0.306. The predicted molar refractivity (Wildman–Crippen MR) is 156 cm³/mol. The molecule has 1 rings (SSSR count). The first kappa shape index (κ1) is 30.9. The van der Waals surface area contributed by atoms with Crippen molar-refractivity contribution in [1.29, 1.82) is 0 Å². The van der Waals surface area contributed by atoms with Crippen LogP contribution >= 0.6 is 0 Å². The van der Waals surface area contributed by atoms with E-state index < -0.39 is 42.3 Å². The summed E-state index contributed by atoms with van der Waals surface area (Å²) in [6.45, 7) is 26.5. The Morgan fingerprint density at radius 1 is 0.697 bits per heavy atom. The molecule has 0 spiro atoms. The summed E-state index contributed by atoms with van der Waals surface area (Å²) in [5, 5.41) is 1.16. The quantitative estimate of drug-likeness (QED) is 0.202. The Kier molecular flexibility index (Phi) is 11.9. The molecule has 0 N–H and O–H groups in total. The van der Waals surface area contributed by atoms with Gasteiger partial charge in [-0.1, -0.05) is 75.6 Å². The third kappa shape index (κ3) is 11.0. The Labute approximate surface area is 210 Å². The first-order valence-electron chi connectivity index (χ1n) is 12.6. The van der Waals surface area contributed by atoms with E-state index in [4.69, 9.17) is 16.5 Å². The summed E-state index contributed by atoms with van der Waals surface area (Å²) < 4.78 is 27.6. The van der Waals surface area contributed by atoms with E-state index in [-0.39, 0.29) is 0 Å². The second kappa shape index (κ2) is 12.7. The zero-order valence-electron chi connectivity index (χ0n) is 23.0. The largest absolute Gasteiger partial charge is 0.436 e. The van der Waals surface area contributed by atoms with Gasteiger partial charge in [-0.3, -0.25) is 0 Å². The zero-order valence-corrected chi connectivity index (χ0v) is 28.0. The predicted octanol–water partition coefficient (Wildman–Crippen LogP) is 7.54. The number of unbranched alkanes of at least 4 members (excludes halogenated alkanes) is 2. The summed E-state index contributed by atoms with van der Waals surface area (Å²) in [4.78, 5) is 0. The molecule has 0 aliphatic heterocycles. The van der Waals surface area contributed by atoms with E-state index in [9.17, 15) is 0 Å². The monoisotopic (exact) mass is 542 g/mol. The molecule has 0 aromatic heterocycles. The van der Waals surface area contributed by atoms with Crippen LogP contribution in [0.2, 0.25) is 64.5 Å². The normalized spacial score (nSPS) is 16.8. The van der Waals surface area contributed by atoms with E-state index in [1.807, 2.05) is 11.8 Å². The number of hydrogen-bond acceptors (Lipinski definition) is 4. The zero-order chi connectivity index (χ0) is 25.4. The fourth-order valence-electron chi connectivity index (χ4n) is 4.38. The van der Waals surface area contributed by atoms with Crippen LogP contribution in [0.5, 0.6) is 0 Å². The van der Waals surface area contributed by atoms with E-state index in [0.29, 0.717) is 0 Å². The molecular weight excluding hydrogens is 493 g/mol. The molecule has 0 saturated carbocycles. The van der Waals surface area contributed by atoms with Crippen LogP contribution in [0.15, 0.2) is 42.6 Å². The SMILES string of the molecule is C=C[Si](C)(O[Si](C)(C)O[Si](C)(C)CCCC)O[Si](C)(O[Si](C)(C)CCCC)c1ccccc1. The molecule has 1 aromatic rings. The van der Waals surface area contributed by atoms with Crippen LogP contribution in [-0.4, -0.2) is 42.3 Å². The first-order valence-corrected chi connectivity index (χ1v) is 26.4. The topological polar surface area (TPSA) is 36.9 Å². The molecule has 9 heteroatoms. The van der Waals surface area contributed by atoms with Crippen molar-refractivity contribution in [2.45, 2.75) is 104 Å². The van der Waals surface area contributed by atoms with E-state index in [1.165, 1.54) is 25.7 Å². The van der Waals surface area contributed by atoms with Gasteiger partial charge in [0, 0.05) is 0 Å². The smallest absolute Gasteiger partial charge is 0.350 e. The van der Waals surface area contributed by atoms with Crippen molar-refractivity contribution in [3.63, 3.8) is 0 Å². The van der Waals surface area contributed by atoms with Crippen molar-refractivity contribution < 1.29 is 16.5 Å². The summed E-state index contributed by atoms with van der Waals surface area (Å²) in [7, 11) is -11.6. The maximum absolute atomic E-state index is 7.03. The Balaban J connectivity index is 3.20. The van der Waals surface area contributed by atoms with Crippen LogP contribution in [-0.2, 0) is 16.5 Å². The average Bonchev–Trinajstić information content (AvgIpc) is 2.69. The van der Waals surface area contributed by atoms with Gasteiger partial charge in [0.1, 0.15) is 0 Å². The molecule has 1 aromatic carbocycles. The Morgan fingerprint density at radius 3 is 1.64 bits per heavy atom. The van der Waals surface area contributed by atoms with Gasteiger partial charge in [-0.05, 0) is 69.7 Å². The fraction of sp³-hybridized carbons (Fsp3) is 0.667. The van der Waals surface area contributed by atoms with Crippen molar-refractivity contribution in [2.75, 3.05) is 0 Å². The summed E-state index contributed by atoms with van der Waals surface area (Å²) in [5.41, 5.74) is 1.92. The molecule has 2 unspecified atom stereocenters. The molecule has 33 heavy (non-hydrogen) atoms. The Morgan fingerprint density at radius 2 is 1.18 bits per heavy atom. The molecule has 4 nitrogen and oxygen atoms in total. The highest BCUT2D eigenvalue weighted by molar-refractivity contribution is 6.96. The molecule has 0 heterocycles. The van der Waals surface area contributed by atoms with Gasteiger partial charge in [-0.15, -0.1) is 6.58 Å². The molecule has 0 fully saturated rings. The lowest BCUT2D eigenvalue weighted by Gasteiger charge is -2.43. The Hall–Kier alpha value is -0.116. The standard InChI is InChI=1S/C24H50O4Si5/c1-12-15-22-29(4,5)25-31(8,9)27-32(10,14-3)28-33(11,24-20-18-17-19-21-24)26-30(6,7)23-16-13-2/h14,17-21H,3,12-13,15-16,22-23H2,1-2,4-11H3. The second-order valence-corrected chi connectivity index (χ2v) is 30.1. The van der Waals surface area contributed by atoms with E-state index in [2.05, 4.69) is 97.1 Å². The minimum Gasteiger partial charge on any atom is -0.436 e.